The first kappa shape index (κ1) is 26.2. The third kappa shape index (κ3) is 5.03. The highest BCUT2D eigenvalue weighted by atomic mass is 16.5. The lowest BCUT2D eigenvalue weighted by Gasteiger charge is -2.43. The van der Waals surface area contributed by atoms with E-state index in [1.165, 1.54) is 0 Å². The second-order valence-electron chi connectivity index (χ2n) is 11.3. The Morgan fingerprint density at radius 1 is 1.00 bits per heavy atom. The molecule has 39 heavy (non-hydrogen) atoms. The smallest absolute Gasteiger partial charge is 0.289 e. The van der Waals surface area contributed by atoms with Crippen LogP contribution >= 0.6 is 0 Å². The highest BCUT2D eigenvalue weighted by molar-refractivity contribution is 5.98. The summed E-state index contributed by atoms with van der Waals surface area (Å²) in [6, 6.07) is 2.58. The van der Waals surface area contributed by atoms with Crippen LogP contribution in [0.15, 0.2) is 12.3 Å². The molecule has 0 saturated carbocycles. The van der Waals surface area contributed by atoms with E-state index in [-0.39, 0.29) is 18.1 Å². The third-order valence-electron chi connectivity index (χ3n) is 8.36. The van der Waals surface area contributed by atoms with Crippen LogP contribution in [0.3, 0.4) is 0 Å². The molecule has 6 heterocycles. The van der Waals surface area contributed by atoms with Crippen LogP contribution < -0.4 is 4.90 Å². The maximum Gasteiger partial charge on any atom is 0.289 e. The van der Waals surface area contributed by atoms with Gasteiger partial charge in [0.2, 0.25) is 5.82 Å². The molecule has 0 aromatic carbocycles. The van der Waals surface area contributed by atoms with Gasteiger partial charge in [0.1, 0.15) is 5.52 Å². The summed E-state index contributed by atoms with van der Waals surface area (Å²) in [5, 5.41) is 4.52. The molecule has 6 rings (SSSR count). The number of morpholine rings is 2. The van der Waals surface area contributed by atoms with Crippen molar-refractivity contribution in [2.45, 2.75) is 51.9 Å². The van der Waals surface area contributed by atoms with Crippen molar-refractivity contribution in [1.82, 2.24) is 34.1 Å². The number of anilines is 1. The summed E-state index contributed by atoms with van der Waals surface area (Å²) in [5.41, 5.74) is 5.21. The maximum absolute atomic E-state index is 13.8. The fourth-order valence-corrected chi connectivity index (χ4v) is 6.45. The minimum absolute atomic E-state index is 0.0234. The summed E-state index contributed by atoms with van der Waals surface area (Å²) >= 11 is 0. The van der Waals surface area contributed by atoms with Crippen LogP contribution in [0.2, 0.25) is 0 Å². The van der Waals surface area contributed by atoms with Gasteiger partial charge in [-0.1, -0.05) is 0 Å². The standard InChI is InChI=1S/C28H40N8O3/c1-18-15-36(16-19(2)39-18)21-6-8-35(9-7-21)28(37)27-30-25-24(34-10-12-38-13-11-34)14-23(29-26(25)33(27)5)22-17-32(4)31-20(22)3/h14,17-19,21H,6-13,15-16H2,1-5H3. The number of hydrogen-bond donors (Lipinski definition) is 0. The number of nitrogens with zero attached hydrogens (tertiary/aromatic N) is 8. The van der Waals surface area contributed by atoms with Gasteiger partial charge in [0.15, 0.2) is 5.65 Å². The Morgan fingerprint density at radius 3 is 2.33 bits per heavy atom. The fourth-order valence-electron chi connectivity index (χ4n) is 6.45. The van der Waals surface area contributed by atoms with Gasteiger partial charge in [0, 0.05) is 71.2 Å². The molecule has 3 aliphatic rings. The highest BCUT2D eigenvalue weighted by Gasteiger charge is 2.33. The molecule has 0 N–H and O–H groups in total. The van der Waals surface area contributed by atoms with Gasteiger partial charge in [0.05, 0.1) is 42.5 Å². The Hall–Kier alpha value is -3.02. The van der Waals surface area contributed by atoms with Crippen LogP contribution in [0.25, 0.3) is 22.4 Å². The average molecular weight is 537 g/mol. The number of amides is 1. The molecular formula is C28H40N8O3. The molecule has 3 aromatic rings. The third-order valence-corrected chi connectivity index (χ3v) is 8.36. The number of pyridine rings is 1. The van der Waals surface area contributed by atoms with E-state index in [0.717, 1.165) is 80.3 Å². The van der Waals surface area contributed by atoms with Gasteiger partial charge in [-0.05, 0) is 39.7 Å². The Kier molecular flexibility index (Phi) is 7.07. The number of aromatic nitrogens is 5. The zero-order valence-electron chi connectivity index (χ0n) is 23.8. The lowest BCUT2D eigenvalue weighted by Crippen LogP contribution is -2.53. The van der Waals surface area contributed by atoms with Crippen molar-refractivity contribution < 1.29 is 14.3 Å². The first-order chi connectivity index (χ1) is 18.8. The number of likely N-dealkylation sites (tertiary alicyclic amines) is 1. The van der Waals surface area contributed by atoms with E-state index >= 15 is 0 Å². The molecule has 0 radical (unpaired) electrons. The second-order valence-corrected chi connectivity index (χ2v) is 11.3. The van der Waals surface area contributed by atoms with Crippen molar-refractivity contribution in [2.75, 3.05) is 57.4 Å². The van der Waals surface area contributed by atoms with Crippen LogP contribution in [-0.2, 0) is 23.6 Å². The number of carbonyl (C=O) groups is 1. The molecule has 210 valence electrons. The van der Waals surface area contributed by atoms with Crippen LogP contribution in [0.1, 0.15) is 43.0 Å². The van der Waals surface area contributed by atoms with Crippen LogP contribution in [0, 0.1) is 6.92 Å². The quantitative estimate of drug-likeness (QED) is 0.501. The van der Waals surface area contributed by atoms with Crippen molar-refractivity contribution in [3.63, 3.8) is 0 Å². The van der Waals surface area contributed by atoms with E-state index in [0.29, 0.717) is 30.7 Å². The molecule has 11 heteroatoms. The number of piperidine rings is 1. The molecule has 0 aliphatic carbocycles. The summed E-state index contributed by atoms with van der Waals surface area (Å²) in [7, 11) is 3.82. The van der Waals surface area contributed by atoms with Gasteiger partial charge in [0.25, 0.3) is 5.91 Å². The Labute approximate surface area is 229 Å². The largest absolute Gasteiger partial charge is 0.378 e. The van der Waals surface area contributed by atoms with Gasteiger partial charge in [-0.3, -0.25) is 14.4 Å². The van der Waals surface area contributed by atoms with Gasteiger partial charge in [-0.15, -0.1) is 0 Å². The molecular weight excluding hydrogens is 496 g/mol. The summed E-state index contributed by atoms with van der Waals surface area (Å²) in [6.07, 6.45) is 4.44. The number of rotatable bonds is 4. The van der Waals surface area contributed by atoms with Crippen molar-refractivity contribution in [2.24, 2.45) is 14.1 Å². The number of ether oxygens (including phenoxy) is 2. The van der Waals surface area contributed by atoms with Gasteiger partial charge in [-0.25, -0.2) is 9.97 Å². The van der Waals surface area contributed by atoms with Crippen molar-refractivity contribution in [3.8, 4) is 11.3 Å². The van der Waals surface area contributed by atoms with E-state index in [1.54, 1.807) is 0 Å². The molecule has 1 amide bonds. The number of fused-ring (bicyclic) bond motifs is 1. The zero-order valence-corrected chi connectivity index (χ0v) is 23.8. The molecule has 3 fully saturated rings. The Balaban J connectivity index is 1.29. The Bertz CT molecular complexity index is 1340. The van der Waals surface area contributed by atoms with Crippen molar-refractivity contribution in [3.05, 3.63) is 23.8 Å². The molecule has 3 saturated heterocycles. The maximum atomic E-state index is 13.8. The first-order valence-corrected chi connectivity index (χ1v) is 14.2. The summed E-state index contributed by atoms with van der Waals surface area (Å²) in [6.45, 7) is 12.6. The molecule has 3 aromatic heterocycles. The van der Waals surface area contributed by atoms with Crippen LogP contribution in [0.4, 0.5) is 5.69 Å². The van der Waals surface area contributed by atoms with Crippen molar-refractivity contribution in [1.29, 1.82) is 0 Å². The molecule has 3 aliphatic heterocycles. The van der Waals surface area contributed by atoms with Crippen molar-refractivity contribution >= 4 is 22.8 Å². The normalized spacial score (nSPS) is 23.6. The SMILES string of the molecule is Cc1nn(C)cc1-c1cc(N2CCOCC2)c2nc(C(=O)N3CCC(N4CC(C)OC(C)C4)CC3)n(C)c2n1. The van der Waals surface area contributed by atoms with E-state index in [2.05, 4.69) is 34.8 Å². The second kappa shape index (κ2) is 10.5. The highest BCUT2D eigenvalue weighted by Crippen LogP contribution is 2.33. The van der Waals surface area contributed by atoms with E-state index in [1.807, 2.05) is 41.4 Å². The fraction of sp³-hybridized carbons (Fsp3) is 0.643. The average Bonchev–Trinajstić information content (AvgIpc) is 3.45. The number of carbonyl (C=O) groups excluding carboxylic acids is 1. The molecule has 0 spiro atoms. The molecule has 2 atom stereocenters. The number of aryl methyl sites for hydroxylation is 3. The first-order valence-electron chi connectivity index (χ1n) is 14.2. The summed E-state index contributed by atoms with van der Waals surface area (Å²) in [5.74, 6) is 0.420. The van der Waals surface area contributed by atoms with Gasteiger partial charge in [-0.2, -0.15) is 5.10 Å². The van der Waals surface area contributed by atoms with E-state index in [9.17, 15) is 4.79 Å². The van der Waals surface area contributed by atoms with E-state index in [4.69, 9.17) is 19.4 Å². The Morgan fingerprint density at radius 2 is 1.69 bits per heavy atom. The minimum atomic E-state index is -0.0234. The predicted octanol–water partition coefficient (Wildman–Crippen LogP) is 2.23. The van der Waals surface area contributed by atoms with Crippen LogP contribution in [-0.4, -0.2) is 111 Å². The minimum Gasteiger partial charge on any atom is -0.378 e. The lowest BCUT2D eigenvalue weighted by molar-refractivity contribution is -0.0856. The van der Waals surface area contributed by atoms with Gasteiger partial charge < -0.3 is 23.8 Å². The molecule has 11 nitrogen and oxygen atoms in total. The number of imidazole rings is 1. The monoisotopic (exact) mass is 536 g/mol. The topological polar surface area (TPSA) is 93.8 Å². The van der Waals surface area contributed by atoms with Gasteiger partial charge >= 0.3 is 0 Å². The van der Waals surface area contributed by atoms with E-state index < -0.39 is 0 Å². The summed E-state index contributed by atoms with van der Waals surface area (Å²) in [4.78, 5) is 30.6. The van der Waals surface area contributed by atoms with Crippen LogP contribution in [0.5, 0.6) is 0 Å². The summed E-state index contributed by atoms with van der Waals surface area (Å²) < 4.78 is 15.2. The molecule has 2 unspecified atom stereocenters. The molecule has 0 bridgehead atoms. The number of hydrogen-bond acceptors (Lipinski definition) is 8. The lowest BCUT2D eigenvalue weighted by atomic mass is 10.0. The predicted molar refractivity (Wildman–Crippen MR) is 149 cm³/mol. The zero-order chi connectivity index (χ0) is 27.3.